The molecule has 156 valence electrons. The zero-order valence-corrected chi connectivity index (χ0v) is 18.0. The van der Waals surface area contributed by atoms with Gasteiger partial charge in [0.15, 0.2) is 5.11 Å². The zero-order chi connectivity index (χ0) is 22.1. The number of halogens is 1. The Kier molecular flexibility index (Phi) is 7.92. The molecule has 0 spiro atoms. The number of hydrogen-bond donors (Lipinski definition) is 3. The molecule has 0 saturated heterocycles. The van der Waals surface area contributed by atoms with Crippen LogP contribution in [0, 0.1) is 0 Å². The molecule has 5 nitrogen and oxygen atoms in total. The quantitative estimate of drug-likeness (QED) is 0.373. The number of hydrogen-bond acceptors (Lipinski definition) is 3. The first-order chi connectivity index (χ1) is 15.0. The van der Waals surface area contributed by atoms with Crippen LogP contribution in [-0.2, 0) is 11.3 Å². The van der Waals surface area contributed by atoms with Gasteiger partial charge in [-0.25, -0.2) is 0 Å². The monoisotopic (exact) mass is 449 g/mol. The fourth-order valence-corrected chi connectivity index (χ4v) is 3.02. The van der Waals surface area contributed by atoms with Gasteiger partial charge in [-0.15, -0.1) is 0 Å². The molecule has 2 amide bonds. The molecule has 31 heavy (non-hydrogen) atoms. The van der Waals surface area contributed by atoms with Gasteiger partial charge >= 0.3 is 0 Å². The maximum Gasteiger partial charge on any atom is 0.251 e. The second-order valence-electron chi connectivity index (χ2n) is 6.58. The molecule has 0 aliphatic heterocycles. The number of amides is 2. The zero-order valence-electron chi connectivity index (χ0n) is 16.5. The fraction of sp³-hybridized carbons (Fsp3) is 0.0417. The topological polar surface area (TPSA) is 70.2 Å². The van der Waals surface area contributed by atoms with Crippen LogP contribution in [0.4, 0.5) is 5.69 Å². The van der Waals surface area contributed by atoms with Gasteiger partial charge in [0, 0.05) is 28.9 Å². The Morgan fingerprint density at radius 3 is 2.42 bits per heavy atom. The number of thiocarbonyl (C=S) groups is 1. The number of carbonyl (C=O) groups is 2. The lowest BCUT2D eigenvalue weighted by molar-refractivity contribution is -0.115. The average molecular weight is 450 g/mol. The minimum atomic E-state index is -0.371. The molecule has 3 aromatic rings. The summed E-state index contributed by atoms with van der Waals surface area (Å²) in [6.45, 7) is 0.436. The van der Waals surface area contributed by atoms with Crippen molar-refractivity contribution in [3.05, 3.63) is 107 Å². The normalized spacial score (nSPS) is 10.5. The van der Waals surface area contributed by atoms with Crippen molar-refractivity contribution in [1.29, 1.82) is 0 Å². The second kappa shape index (κ2) is 11.1. The van der Waals surface area contributed by atoms with Crippen molar-refractivity contribution in [2.75, 3.05) is 5.32 Å². The number of anilines is 1. The van der Waals surface area contributed by atoms with Crippen LogP contribution in [0.25, 0.3) is 6.08 Å². The van der Waals surface area contributed by atoms with E-state index < -0.39 is 0 Å². The van der Waals surface area contributed by atoms with Crippen molar-refractivity contribution in [1.82, 2.24) is 10.6 Å². The highest BCUT2D eigenvalue weighted by Crippen LogP contribution is 2.12. The van der Waals surface area contributed by atoms with Crippen molar-refractivity contribution in [2.24, 2.45) is 0 Å². The summed E-state index contributed by atoms with van der Waals surface area (Å²) in [6, 6.07) is 23.6. The van der Waals surface area contributed by atoms with E-state index in [4.69, 9.17) is 23.8 Å². The number of carbonyl (C=O) groups excluding carboxylic acids is 2. The molecule has 0 aliphatic carbocycles. The van der Waals surface area contributed by atoms with Gasteiger partial charge in [0.2, 0.25) is 5.91 Å². The van der Waals surface area contributed by atoms with Crippen LogP contribution in [0.5, 0.6) is 0 Å². The molecule has 0 bridgehead atoms. The van der Waals surface area contributed by atoms with Crippen LogP contribution >= 0.6 is 23.8 Å². The average Bonchev–Trinajstić information content (AvgIpc) is 2.78. The summed E-state index contributed by atoms with van der Waals surface area (Å²) in [4.78, 5) is 24.5. The van der Waals surface area contributed by atoms with Crippen LogP contribution in [0.1, 0.15) is 21.5 Å². The van der Waals surface area contributed by atoms with Gasteiger partial charge in [0.25, 0.3) is 5.91 Å². The van der Waals surface area contributed by atoms with E-state index in [1.54, 1.807) is 54.6 Å². The molecule has 3 aromatic carbocycles. The van der Waals surface area contributed by atoms with Crippen molar-refractivity contribution < 1.29 is 9.59 Å². The predicted octanol–water partition coefficient (Wildman–Crippen LogP) is 4.80. The van der Waals surface area contributed by atoms with Crippen molar-refractivity contribution >= 4 is 52.5 Å². The summed E-state index contributed by atoms with van der Waals surface area (Å²) in [6.07, 6.45) is 3.04. The molecule has 7 heteroatoms. The van der Waals surface area contributed by atoms with Crippen molar-refractivity contribution in [2.45, 2.75) is 6.54 Å². The predicted molar refractivity (Wildman–Crippen MR) is 129 cm³/mol. The molecule has 0 unspecified atom stereocenters. The molecule has 0 saturated carbocycles. The SMILES string of the molecule is O=C(/C=C/c1ccc(Cl)cc1)NC(=S)Nc1cccc(C(=O)NCc2ccccc2)c1. The highest BCUT2D eigenvalue weighted by Gasteiger charge is 2.08. The van der Waals surface area contributed by atoms with E-state index >= 15 is 0 Å². The Morgan fingerprint density at radius 1 is 0.935 bits per heavy atom. The Morgan fingerprint density at radius 2 is 1.68 bits per heavy atom. The van der Waals surface area contributed by atoms with E-state index in [1.807, 2.05) is 30.3 Å². The lowest BCUT2D eigenvalue weighted by Gasteiger charge is -2.10. The lowest BCUT2D eigenvalue weighted by atomic mass is 10.1. The van der Waals surface area contributed by atoms with E-state index in [0.717, 1.165) is 11.1 Å². The van der Waals surface area contributed by atoms with E-state index in [1.165, 1.54) is 6.08 Å². The van der Waals surface area contributed by atoms with Crippen molar-refractivity contribution in [3.63, 3.8) is 0 Å². The third-order valence-corrected chi connectivity index (χ3v) is 4.67. The molecular weight excluding hydrogens is 430 g/mol. The maximum atomic E-state index is 12.4. The Balaban J connectivity index is 1.52. The van der Waals surface area contributed by atoms with Crippen LogP contribution in [0.2, 0.25) is 5.02 Å². The highest BCUT2D eigenvalue weighted by atomic mass is 35.5. The largest absolute Gasteiger partial charge is 0.348 e. The van der Waals surface area contributed by atoms with Crippen molar-refractivity contribution in [3.8, 4) is 0 Å². The fourth-order valence-electron chi connectivity index (χ4n) is 2.68. The highest BCUT2D eigenvalue weighted by molar-refractivity contribution is 7.80. The smallest absolute Gasteiger partial charge is 0.251 e. The maximum absolute atomic E-state index is 12.4. The standard InChI is InChI=1S/C24H20ClN3O2S/c25-20-12-9-17(10-13-20)11-14-22(29)28-24(31)27-21-8-4-7-19(15-21)23(30)26-16-18-5-2-1-3-6-18/h1-15H,16H2,(H,26,30)(H2,27,28,29,31)/b14-11+. The summed E-state index contributed by atoms with van der Waals surface area (Å²) < 4.78 is 0. The summed E-state index contributed by atoms with van der Waals surface area (Å²) in [5.41, 5.74) is 2.94. The number of benzene rings is 3. The van der Waals surface area contributed by atoms with Gasteiger partial charge in [-0.1, -0.05) is 60.1 Å². The van der Waals surface area contributed by atoms with E-state index in [9.17, 15) is 9.59 Å². The lowest BCUT2D eigenvalue weighted by Crippen LogP contribution is -2.33. The third kappa shape index (κ3) is 7.37. The van der Waals surface area contributed by atoms with Crippen LogP contribution in [-0.4, -0.2) is 16.9 Å². The van der Waals surface area contributed by atoms with Gasteiger partial charge in [0.05, 0.1) is 0 Å². The summed E-state index contributed by atoms with van der Waals surface area (Å²) in [5.74, 6) is -0.572. The Bertz CT molecular complexity index is 1100. The molecule has 0 radical (unpaired) electrons. The summed E-state index contributed by atoms with van der Waals surface area (Å²) >= 11 is 11.0. The van der Waals surface area contributed by atoms with E-state index in [2.05, 4.69) is 16.0 Å². The summed E-state index contributed by atoms with van der Waals surface area (Å²) in [5, 5.41) is 9.13. The molecule has 0 atom stereocenters. The molecule has 3 N–H and O–H groups in total. The van der Waals surface area contributed by atoms with Crippen LogP contribution < -0.4 is 16.0 Å². The minimum Gasteiger partial charge on any atom is -0.348 e. The summed E-state index contributed by atoms with van der Waals surface area (Å²) in [7, 11) is 0. The third-order valence-electron chi connectivity index (χ3n) is 4.21. The van der Waals surface area contributed by atoms with E-state index in [0.29, 0.717) is 22.8 Å². The Hall–Kier alpha value is -3.48. The van der Waals surface area contributed by atoms with Gasteiger partial charge in [-0.2, -0.15) is 0 Å². The van der Waals surface area contributed by atoms with Crippen LogP contribution in [0.15, 0.2) is 84.9 Å². The molecule has 0 fully saturated rings. The van der Waals surface area contributed by atoms with E-state index in [-0.39, 0.29) is 16.9 Å². The number of nitrogens with one attached hydrogen (secondary N) is 3. The molecule has 3 rings (SSSR count). The molecule has 0 aliphatic rings. The molecular formula is C24H20ClN3O2S. The second-order valence-corrected chi connectivity index (χ2v) is 7.42. The molecule has 0 aromatic heterocycles. The van der Waals surface area contributed by atoms with Crippen LogP contribution in [0.3, 0.4) is 0 Å². The first-order valence-electron chi connectivity index (χ1n) is 9.47. The van der Waals surface area contributed by atoms with Gasteiger partial charge < -0.3 is 10.6 Å². The first-order valence-corrected chi connectivity index (χ1v) is 10.3. The Labute approximate surface area is 191 Å². The minimum absolute atomic E-state index is 0.132. The van der Waals surface area contributed by atoms with Gasteiger partial charge in [0.1, 0.15) is 0 Å². The van der Waals surface area contributed by atoms with Gasteiger partial charge in [-0.3, -0.25) is 14.9 Å². The first kappa shape index (κ1) is 22.2. The molecule has 0 heterocycles. The van der Waals surface area contributed by atoms with Gasteiger partial charge in [-0.05, 0) is 59.8 Å². The number of rotatable bonds is 6.